The van der Waals surface area contributed by atoms with Crippen LogP contribution in [-0.4, -0.2) is 32.4 Å². The van der Waals surface area contributed by atoms with E-state index in [2.05, 4.69) is 15.9 Å². The fourth-order valence-corrected chi connectivity index (χ4v) is 5.95. The third-order valence-corrected chi connectivity index (χ3v) is 7.65. The second kappa shape index (κ2) is 7.00. The average Bonchev–Trinajstić information content (AvgIpc) is 3.21. The van der Waals surface area contributed by atoms with E-state index >= 15 is 0 Å². The highest BCUT2D eigenvalue weighted by molar-refractivity contribution is 9.10. The molecular weight excluding hydrogens is 426 g/mol. The second-order valence-electron chi connectivity index (χ2n) is 6.20. The highest BCUT2D eigenvalue weighted by Gasteiger charge is 2.69. The first-order valence-corrected chi connectivity index (χ1v) is 10.6. The third kappa shape index (κ3) is 3.51. The Labute approximate surface area is 161 Å². The van der Waals surface area contributed by atoms with Gasteiger partial charge in [-0.25, -0.2) is 8.42 Å². The lowest BCUT2D eigenvalue weighted by atomic mass is 10.1. The van der Waals surface area contributed by atoms with Crippen LogP contribution in [0, 0.1) is 0 Å². The summed E-state index contributed by atoms with van der Waals surface area (Å²) in [5, 5.41) is -0.235. The van der Waals surface area contributed by atoms with Gasteiger partial charge in [-0.1, -0.05) is 39.7 Å². The minimum absolute atomic E-state index is 0.196. The van der Waals surface area contributed by atoms with Gasteiger partial charge in [-0.15, -0.1) is 0 Å². The van der Waals surface area contributed by atoms with Crippen LogP contribution in [0.1, 0.15) is 18.4 Å². The summed E-state index contributed by atoms with van der Waals surface area (Å²) >= 11 is 9.27. The topological polar surface area (TPSA) is 69.4 Å². The van der Waals surface area contributed by atoms with Crippen LogP contribution < -0.4 is 5.73 Å². The number of hydrogen-bond acceptors (Lipinski definition) is 4. The molecule has 4 nitrogen and oxygen atoms in total. The molecule has 0 bridgehead atoms. The molecule has 0 saturated heterocycles. The van der Waals surface area contributed by atoms with Gasteiger partial charge in [-0.2, -0.15) is 0 Å². The fourth-order valence-electron chi connectivity index (χ4n) is 3.27. The Hall–Kier alpha value is -0.920. The number of hydrogen-bond donors (Lipinski definition) is 1. The van der Waals surface area contributed by atoms with E-state index in [4.69, 9.17) is 22.1 Å². The minimum Gasteiger partial charge on any atom is -0.380 e. The number of sulfone groups is 1. The van der Waals surface area contributed by atoms with Crippen LogP contribution in [0.25, 0.3) is 0 Å². The normalized spacial score (nSPS) is 25.8. The van der Waals surface area contributed by atoms with Gasteiger partial charge in [-0.3, -0.25) is 0 Å². The van der Waals surface area contributed by atoms with Crippen molar-refractivity contribution in [2.24, 2.45) is 5.73 Å². The van der Waals surface area contributed by atoms with Crippen LogP contribution in [0.3, 0.4) is 0 Å². The molecule has 0 aromatic heterocycles. The molecule has 0 amide bonds. The SMILES string of the molecule is CCOCC1(N)C(c2ccc(Br)cc2)C1S(=O)(=O)c1ccc(Cl)cc1. The summed E-state index contributed by atoms with van der Waals surface area (Å²) in [5.74, 6) is -0.312. The zero-order valence-electron chi connectivity index (χ0n) is 13.7. The monoisotopic (exact) mass is 443 g/mol. The van der Waals surface area contributed by atoms with Crippen LogP contribution in [0.4, 0.5) is 0 Å². The van der Waals surface area contributed by atoms with Crippen LogP contribution in [0.2, 0.25) is 5.02 Å². The first-order valence-electron chi connectivity index (χ1n) is 7.92. The first-order chi connectivity index (χ1) is 11.8. The van der Waals surface area contributed by atoms with Crippen molar-refractivity contribution < 1.29 is 13.2 Å². The molecule has 1 fully saturated rings. The number of benzene rings is 2. The lowest BCUT2D eigenvalue weighted by Crippen LogP contribution is -2.36. The van der Waals surface area contributed by atoms with Crippen molar-refractivity contribution in [1.82, 2.24) is 0 Å². The van der Waals surface area contributed by atoms with Gasteiger partial charge in [-0.05, 0) is 48.9 Å². The van der Waals surface area contributed by atoms with Crippen molar-refractivity contribution in [3.05, 3.63) is 63.6 Å². The average molecular weight is 445 g/mol. The Balaban J connectivity index is 1.99. The zero-order chi connectivity index (χ0) is 18.2. The van der Waals surface area contributed by atoms with Gasteiger partial charge in [0.2, 0.25) is 0 Å². The van der Waals surface area contributed by atoms with Crippen LogP contribution >= 0.6 is 27.5 Å². The van der Waals surface area contributed by atoms with Crippen molar-refractivity contribution in [3.8, 4) is 0 Å². The van der Waals surface area contributed by atoms with Crippen LogP contribution in [0.15, 0.2) is 57.9 Å². The van der Waals surface area contributed by atoms with Crippen molar-refractivity contribution >= 4 is 37.4 Å². The molecule has 3 rings (SSSR count). The summed E-state index contributed by atoms with van der Waals surface area (Å²) in [4.78, 5) is 0.229. The predicted octanol–water partition coefficient (Wildman–Crippen LogP) is 3.78. The smallest absolute Gasteiger partial charge is 0.183 e. The van der Waals surface area contributed by atoms with Gasteiger partial charge >= 0.3 is 0 Å². The van der Waals surface area contributed by atoms with E-state index in [-0.39, 0.29) is 17.4 Å². The Kier molecular flexibility index (Phi) is 5.28. The van der Waals surface area contributed by atoms with Gasteiger partial charge in [0.1, 0.15) is 0 Å². The minimum atomic E-state index is -3.60. The molecule has 1 saturated carbocycles. The van der Waals surface area contributed by atoms with Gasteiger partial charge in [0, 0.05) is 22.0 Å². The van der Waals surface area contributed by atoms with Gasteiger partial charge in [0.15, 0.2) is 9.84 Å². The fraction of sp³-hybridized carbons (Fsp3) is 0.333. The van der Waals surface area contributed by atoms with Gasteiger partial charge in [0.25, 0.3) is 0 Å². The molecule has 7 heteroatoms. The zero-order valence-corrected chi connectivity index (χ0v) is 16.8. The Morgan fingerprint density at radius 1 is 1.16 bits per heavy atom. The molecule has 2 aromatic carbocycles. The summed E-state index contributed by atoms with van der Waals surface area (Å²) in [7, 11) is -3.60. The molecule has 0 radical (unpaired) electrons. The van der Waals surface area contributed by atoms with E-state index < -0.39 is 20.6 Å². The standard InChI is InChI=1S/C18H19BrClNO3S/c1-2-24-11-18(21)16(12-3-5-13(19)6-4-12)17(18)25(22,23)15-9-7-14(20)8-10-15/h3-10,16-17H,2,11,21H2,1H3. The lowest BCUT2D eigenvalue weighted by molar-refractivity contribution is 0.125. The van der Waals surface area contributed by atoms with Crippen molar-refractivity contribution in [2.75, 3.05) is 13.2 Å². The largest absolute Gasteiger partial charge is 0.380 e. The maximum absolute atomic E-state index is 13.1. The van der Waals surface area contributed by atoms with E-state index in [1.54, 1.807) is 12.1 Å². The summed E-state index contributed by atoms with van der Waals surface area (Å²) < 4.78 is 32.7. The highest BCUT2D eigenvalue weighted by Crippen LogP contribution is 2.55. The maximum atomic E-state index is 13.1. The van der Waals surface area contributed by atoms with E-state index in [9.17, 15) is 8.42 Å². The van der Waals surface area contributed by atoms with Gasteiger partial charge in [0.05, 0.1) is 22.3 Å². The molecule has 134 valence electrons. The number of rotatable bonds is 6. The molecule has 0 heterocycles. The first kappa shape index (κ1) is 18.9. The molecule has 1 aliphatic rings. The number of halogens is 2. The quantitative estimate of drug-likeness (QED) is 0.736. The Bertz CT molecular complexity index is 855. The molecule has 0 spiro atoms. The molecule has 0 aliphatic heterocycles. The summed E-state index contributed by atoms with van der Waals surface area (Å²) in [6, 6.07) is 13.8. The molecule has 2 aromatic rings. The summed E-state index contributed by atoms with van der Waals surface area (Å²) in [6.07, 6.45) is 0. The summed E-state index contributed by atoms with van der Waals surface area (Å²) in [6.45, 7) is 2.55. The molecule has 25 heavy (non-hydrogen) atoms. The molecule has 1 aliphatic carbocycles. The molecule has 3 unspecified atom stereocenters. The van der Waals surface area contributed by atoms with E-state index in [1.807, 2.05) is 31.2 Å². The third-order valence-electron chi connectivity index (χ3n) is 4.56. The van der Waals surface area contributed by atoms with Crippen molar-refractivity contribution in [1.29, 1.82) is 0 Å². The lowest BCUT2D eigenvalue weighted by Gasteiger charge is -2.12. The molecule has 3 atom stereocenters. The number of nitrogens with two attached hydrogens (primary N) is 1. The van der Waals surface area contributed by atoms with Gasteiger partial charge < -0.3 is 10.5 Å². The molecule has 2 N–H and O–H groups in total. The van der Waals surface area contributed by atoms with E-state index in [0.717, 1.165) is 10.0 Å². The molecular formula is C18H19BrClNO3S. The van der Waals surface area contributed by atoms with Crippen LogP contribution in [-0.2, 0) is 14.6 Å². The predicted molar refractivity (Wildman–Crippen MR) is 103 cm³/mol. The van der Waals surface area contributed by atoms with Crippen molar-refractivity contribution in [2.45, 2.75) is 28.5 Å². The Morgan fingerprint density at radius 3 is 2.32 bits per heavy atom. The van der Waals surface area contributed by atoms with E-state index in [0.29, 0.717) is 11.6 Å². The van der Waals surface area contributed by atoms with E-state index in [1.165, 1.54) is 12.1 Å². The van der Waals surface area contributed by atoms with Crippen LogP contribution in [0.5, 0.6) is 0 Å². The summed E-state index contributed by atoms with van der Waals surface area (Å²) in [5.41, 5.74) is 6.46. The second-order valence-corrected chi connectivity index (χ2v) is 9.62. The van der Waals surface area contributed by atoms with Crippen molar-refractivity contribution in [3.63, 3.8) is 0 Å². The maximum Gasteiger partial charge on any atom is 0.183 e. The Morgan fingerprint density at radius 2 is 1.76 bits per heavy atom. The number of ether oxygens (including phenoxy) is 1. The highest BCUT2D eigenvalue weighted by atomic mass is 79.9.